The van der Waals surface area contributed by atoms with E-state index in [1.165, 1.54) is 10.4 Å². The second-order valence-corrected chi connectivity index (χ2v) is 9.18. The lowest BCUT2D eigenvalue weighted by atomic mass is 10.2. The number of ether oxygens (including phenoxy) is 1. The van der Waals surface area contributed by atoms with Crippen LogP contribution in [0.25, 0.3) is 6.08 Å². The standard InChI is InChI=1S/C27H31N3O2S/c1-32-25-13-11-24(12-14-25)30(21-26-10-6-20-33-26)27(31)22-29-18-16-28(17-19-29)15-5-9-23-7-3-2-4-8-23/h2-14,20H,15-19,21-22H2,1H3/b9-5+. The minimum Gasteiger partial charge on any atom is -0.497 e. The second-order valence-electron chi connectivity index (χ2n) is 8.15. The van der Waals surface area contributed by atoms with Crippen LogP contribution in [0.4, 0.5) is 5.69 Å². The Morgan fingerprint density at radius 1 is 0.970 bits per heavy atom. The van der Waals surface area contributed by atoms with Gasteiger partial charge in [-0.3, -0.25) is 14.6 Å². The number of benzene rings is 2. The van der Waals surface area contributed by atoms with E-state index in [1.54, 1.807) is 18.4 Å². The van der Waals surface area contributed by atoms with Crippen molar-refractivity contribution in [3.63, 3.8) is 0 Å². The molecule has 1 aliphatic rings. The number of hydrogen-bond donors (Lipinski definition) is 0. The van der Waals surface area contributed by atoms with E-state index >= 15 is 0 Å². The molecule has 2 heterocycles. The molecule has 0 atom stereocenters. The summed E-state index contributed by atoms with van der Waals surface area (Å²) in [7, 11) is 1.65. The third-order valence-corrected chi connectivity index (χ3v) is 6.74. The highest BCUT2D eigenvalue weighted by atomic mass is 32.1. The van der Waals surface area contributed by atoms with Crippen LogP contribution < -0.4 is 9.64 Å². The highest BCUT2D eigenvalue weighted by molar-refractivity contribution is 7.09. The number of carbonyl (C=O) groups excluding carboxylic acids is 1. The van der Waals surface area contributed by atoms with E-state index < -0.39 is 0 Å². The van der Waals surface area contributed by atoms with E-state index in [1.807, 2.05) is 41.3 Å². The SMILES string of the molecule is COc1ccc(N(Cc2cccs2)C(=O)CN2CCN(C/C=C/c3ccccc3)CC2)cc1. The molecule has 0 N–H and O–H groups in total. The molecule has 0 saturated carbocycles. The quantitative estimate of drug-likeness (QED) is 0.466. The first-order valence-corrected chi connectivity index (χ1v) is 12.2. The van der Waals surface area contributed by atoms with Crippen molar-refractivity contribution in [1.82, 2.24) is 9.80 Å². The van der Waals surface area contributed by atoms with E-state index in [2.05, 4.69) is 57.7 Å². The van der Waals surface area contributed by atoms with Gasteiger partial charge in [0.25, 0.3) is 0 Å². The molecule has 1 saturated heterocycles. The Balaban J connectivity index is 1.31. The van der Waals surface area contributed by atoms with Crippen LogP contribution in [0.2, 0.25) is 0 Å². The van der Waals surface area contributed by atoms with Gasteiger partial charge in [0.2, 0.25) is 5.91 Å². The van der Waals surface area contributed by atoms with E-state index in [-0.39, 0.29) is 5.91 Å². The molecule has 3 aromatic rings. The normalized spacial score (nSPS) is 15.1. The molecule has 1 amide bonds. The maximum absolute atomic E-state index is 13.3. The summed E-state index contributed by atoms with van der Waals surface area (Å²) >= 11 is 1.68. The summed E-state index contributed by atoms with van der Waals surface area (Å²) in [6.45, 7) is 5.71. The van der Waals surface area contributed by atoms with Crippen molar-refractivity contribution in [2.75, 3.05) is 51.3 Å². The minimum absolute atomic E-state index is 0.131. The second kappa shape index (κ2) is 11.8. The number of carbonyl (C=O) groups is 1. The number of rotatable bonds is 9. The first kappa shape index (κ1) is 23.2. The van der Waals surface area contributed by atoms with Crippen molar-refractivity contribution in [1.29, 1.82) is 0 Å². The topological polar surface area (TPSA) is 36.0 Å². The van der Waals surface area contributed by atoms with Gasteiger partial charge in [-0.05, 0) is 41.3 Å². The molecule has 0 unspecified atom stereocenters. The number of anilines is 1. The third kappa shape index (κ3) is 6.78. The van der Waals surface area contributed by atoms with Crippen LogP contribution in [0.5, 0.6) is 5.75 Å². The Hall–Kier alpha value is -2.93. The van der Waals surface area contributed by atoms with Crippen molar-refractivity contribution in [3.8, 4) is 5.75 Å². The molecule has 1 fully saturated rings. The summed E-state index contributed by atoms with van der Waals surface area (Å²) in [6.07, 6.45) is 4.40. The molecule has 1 aliphatic heterocycles. The molecule has 0 spiro atoms. The van der Waals surface area contributed by atoms with E-state index in [0.29, 0.717) is 13.1 Å². The predicted octanol–water partition coefficient (Wildman–Crippen LogP) is 4.62. The maximum Gasteiger partial charge on any atom is 0.241 e. The third-order valence-electron chi connectivity index (χ3n) is 5.88. The Bertz CT molecular complexity index is 1010. The lowest BCUT2D eigenvalue weighted by molar-refractivity contribution is -0.120. The fourth-order valence-corrected chi connectivity index (χ4v) is 4.65. The first-order valence-electron chi connectivity index (χ1n) is 11.3. The molecule has 6 heteroatoms. The van der Waals surface area contributed by atoms with Crippen LogP contribution in [-0.4, -0.2) is 62.1 Å². The van der Waals surface area contributed by atoms with Crippen LogP contribution in [-0.2, 0) is 11.3 Å². The van der Waals surface area contributed by atoms with Gasteiger partial charge < -0.3 is 9.64 Å². The van der Waals surface area contributed by atoms with Gasteiger partial charge in [-0.15, -0.1) is 11.3 Å². The summed E-state index contributed by atoms with van der Waals surface area (Å²) in [6, 6.07) is 22.2. The number of thiophene rings is 1. The average Bonchev–Trinajstić information content (AvgIpc) is 3.38. The zero-order valence-corrected chi connectivity index (χ0v) is 19.9. The van der Waals surface area contributed by atoms with E-state index in [0.717, 1.165) is 44.2 Å². The van der Waals surface area contributed by atoms with E-state index in [9.17, 15) is 4.79 Å². The molecule has 172 valence electrons. The Kier molecular flexibility index (Phi) is 8.30. The van der Waals surface area contributed by atoms with Crippen molar-refractivity contribution < 1.29 is 9.53 Å². The minimum atomic E-state index is 0.131. The number of methoxy groups -OCH3 is 1. The summed E-state index contributed by atoms with van der Waals surface area (Å²) in [4.78, 5) is 21.1. The van der Waals surface area contributed by atoms with Crippen molar-refractivity contribution in [2.45, 2.75) is 6.54 Å². The van der Waals surface area contributed by atoms with Gasteiger partial charge in [0.15, 0.2) is 0 Å². The summed E-state index contributed by atoms with van der Waals surface area (Å²) in [5.74, 6) is 0.922. The van der Waals surface area contributed by atoms with Gasteiger partial charge in [0.05, 0.1) is 20.2 Å². The van der Waals surface area contributed by atoms with Crippen LogP contribution in [0.1, 0.15) is 10.4 Å². The van der Waals surface area contributed by atoms with E-state index in [4.69, 9.17) is 4.74 Å². The van der Waals surface area contributed by atoms with Gasteiger partial charge in [-0.25, -0.2) is 0 Å². The number of hydrogen-bond acceptors (Lipinski definition) is 5. The number of nitrogens with zero attached hydrogens (tertiary/aromatic N) is 3. The zero-order chi connectivity index (χ0) is 22.9. The van der Waals surface area contributed by atoms with Gasteiger partial charge in [0.1, 0.15) is 5.75 Å². The smallest absolute Gasteiger partial charge is 0.241 e. The van der Waals surface area contributed by atoms with Gasteiger partial charge in [0, 0.05) is 43.3 Å². The Morgan fingerprint density at radius 2 is 1.70 bits per heavy atom. The number of piperazine rings is 1. The Labute approximate surface area is 200 Å². The fraction of sp³-hybridized carbons (Fsp3) is 0.296. The highest BCUT2D eigenvalue weighted by Crippen LogP contribution is 2.23. The van der Waals surface area contributed by atoms with Gasteiger partial charge in [-0.1, -0.05) is 48.6 Å². The van der Waals surface area contributed by atoms with Crippen molar-refractivity contribution in [2.24, 2.45) is 0 Å². The van der Waals surface area contributed by atoms with Crippen LogP contribution in [0, 0.1) is 0 Å². The molecular formula is C27H31N3O2S. The largest absolute Gasteiger partial charge is 0.497 e. The Morgan fingerprint density at radius 3 is 2.36 bits per heavy atom. The first-order chi connectivity index (χ1) is 16.2. The monoisotopic (exact) mass is 461 g/mol. The fourth-order valence-electron chi connectivity index (χ4n) is 3.95. The summed E-state index contributed by atoms with van der Waals surface area (Å²) in [5.41, 5.74) is 2.13. The lowest BCUT2D eigenvalue weighted by Gasteiger charge is -2.35. The molecular weight excluding hydrogens is 430 g/mol. The van der Waals surface area contributed by atoms with Crippen LogP contribution in [0.15, 0.2) is 78.2 Å². The predicted molar refractivity (Wildman–Crippen MR) is 137 cm³/mol. The number of amides is 1. The lowest BCUT2D eigenvalue weighted by Crippen LogP contribution is -2.50. The molecule has 5 nitrogen and oxygen atoms in total. The maximum atomic E-state index is 13.3. The van der Waals surface area contributed by atoms with Crippen LogP contribution >= 0.6 is 11.3 Å². The average molecular weight is 462 g/mol. The molecule has 33 heavy (non-hydrogen) atoms. The summed E-state index contributed by atoms with van der Waals surface area (Å²) < 4.78 is 5.28. The molecule has 0 radical (unpaired) electrons. The molecule has 4 rings (SSSR count). The van der Waals surface area contributed by atoms with Gasteiger partial charge in [-0.2, -0.15) is 0 Å². The van der Waals surface area contributed by atoms with Crippen molar-refractivity contribution in [3.05, 3.63) is 88.6 Å². The highest BCUT2D eigenvalue weighted by Gasteiger charge is 2.23. The zero-order valence-electron chi connectivity index (χ0n) is 19.1. The molecule has 0 aliphatic carbocycles. The van der Waals surface area contributed by atoms with Crippen molar-refractivity contribution >= 4 is 29.0 Å². The molecule has 0 bridgehead atoms. The molecule has 2 aromatic carbocycles. The molecule has 1 aromatic heterocycles. The van der Waals surface area contributed by atoms with Gasteiger partial charge >= 0.3 is 0 Å². The van der Waals surface area contributed by atoms with Crippen LogP contribution in [0.3, 0.4) is 0 Å². The summed E-state index contributed by atoms with van der Waals surface area (Å²) in [5, 5.41) is 2.05.